The molecule has 190 valence electrons. The van der Waals surface area contributed by atoms with E-state index in [0.29, 0.717) is 11.5 Å². The largest absolute Gasteiger partial charge is 0.381 e. The van der Waals surface area contributed by atoms with E-state index in [1.54, 1.807) is 5.57 Å². The monoisotopic (exact) mass is 467 g/mol. The second-order valence-electron chi connectivity index (χ2n) is 11.9. The van der Waals surface area contributed by atoms with E-state index in [-0.39, 0.29) is 0 Å². The summed E-state index contributed by atoms with van der Waals surface area (Å²) >= 11 is 0. The summed E-state index contributed by atoms with van der Waals surface area (Å²) in [5, 5.41) is 0. The van der Waals surface area contributed by atoms with Crippen LogP contribution in [0.2, 0.25) is 0 Å². The number of piperazine rings is 1. The van der Waals surface area contributed by atoms with Gasteiger partial charge in [-0.25, -0.2) is 0 Å². The van der Waals surface area contributed by atoms with Crippen molar-refractivity contribution >= 4 is 16.9 Å². The summed E-state index contributed by atoms with van der Waals surface area (Å²) in [5.41, 5.74) is 6.29. The van der Waals surface area contributed by atoms with Crippen LogP contribution >= 0.6 is 0 Å². The Morgan fingerprint density at radius 3 is 2.38 bits per heavy atom. The highest BCUT2D eigenvalue weighted by molar-refractivity contribution is 5.80. The fourth-order valence-corrected chi connectivity index (χ4v) is 6.02. The molecule has 4 rings (SSSR count). The zero-order chi connectivity index (χ0) is 24.1. The lowest BCUT2D eigenvalue weighted by Gasteiger charge is -2.39. The molecule has 1 atom stereocenters. The Morgan fingerprint density at radius 1 is 1.03 bits per heavy atom. The van der Waals surface area contributed by atoms with Gasteiger partial charge < -0.3 is 14.5 Å². The van der Waals surface area contributed by atoms with Crippen molar-refractivity contribution in [3.05, 3.63) is 29.8 Å². The molecule has 1 unspecified atom stereocenters. The van der Waals surface area contributed by atoms with E-state index in [9.17, 15) is 0 Å². The lowest BCUT2D eigenvalue weighted by molar-refractivity contribution is 0.0855. The summed E-state index contributed by atoms with van der Waals surface area (Å²) in [6.45, 7) is 17.2. The van der Waals surface area contributed by atoms with Crippen molar-refractivity contribution in [1.29, 1.82) is 0 Å². The molecule has 0 bridgehead atoms. The Bertz CT molecular complexity index is 813. The minimum atomic E-state index is 0.399. The zero-order valence-electron chi connectivity index (χ0n) is 22.6. The zero-order valence-corrected chi connectivity index (χ0v) is 22.6. The lowest BCUT2D eigenvalue weighted by Crippen LogP contribution is -2.47. The smallest absolute Gasteiger partial charge is 0.0485 e. The van der Waals surface area contributed by atoms with Crippen molar-refractivity contribution in [3.63, 3.8) is 0 Å². The molecule has 0 aromatic heterocycles. The fraction of sp³-hybridized carbons (Fsp3) is 0.733. The Labute approximate surface area is 209 Å². The number of hydrogen-bond acceptors (Lipinski definition) is 4. The van der Waals surface area contributed by atoms with Crippen LogP contribution in [0.5, 0.6) is 0 Å². The summed E-state index contributed by atoms with van der Waals surface area (Å²) in [7, 11) is 2.28. The van der Waals surface area contributed by atoms with Crippen LogP contribution in [-0.2, 0) is 4.74 Å². The van der Waals surface area contributed by atoms with Crippen LogP contribution in [0.3, 0.4) is 0 Å². The number of unbranched alkanes of at least 4 members (excludes halogenated alkanes) is 1. The minimum Gasteiger partial charge on any atom is -0.381 e. The van der Waals surface area contributed by atoms with E-state index in [0.717, 1.165) is 45.1 Å². The molecule has 1 aromatic rings. The third-order valence-electron chi connectivity index (χ3n) is 8.65. The molecule has 2 heterocycles. The summed E-state index contributed by atoms with van der Waals surface area (Å²) < 4.78 is 5.63. The van der Waals surface area contributed by atoms with Gasteiger partial charge in [-0.2, -0.15) is 0 Å². The molecule has 2 fully saturated rings. The van der Waals surface area contributed by atoms with Crippen molar-refractivity contribution in [2.24, 2.45) is 11.3 Å². The number of allylic oxidation sites excluding steroid dienone is 2. The molecule has 34 heavy (non-hydrogen) atoms. The maximum atomic E-state index is 5.63. The average Bonchev–Trinajstić information content (AvgIpc) is 2.87. The third-order valence-corrected chi connectivity index (χ3v) is 8.65. The van der Waals surface area contributed by atoms with Crippen LogP contribution in [0.4, 0.5) is 11.4 Å². The molecule has 0 spiro atoms. The van der Waals surface area contributed by atoms with Crippen molar-refractivity contribution in [2.45, 2.75) is 78.7 Å². The lowest BCUT2D eigenvalue weighted by atomic mass is 9.72. The topological polar surface area (TPSA) is 19.0 Å². The highest BCUT2D eigenvalue weighted by Gasteiger charge is 2.28. The molecule has 2 saturated heterocycles. The SMILES string of the molecule is CCCCN1CCN(c2cc(N(C)C3CCOCC3)ccc2C2=CCC(C(C)(C)C)CC2)CC1. The molecule has 4 nitrogen and oxygen atoms in total. The van der Waals surface area contributed by atoms with Gasteiger partial charge in [-0.3, -0.25) is 4.90 Å². The highest BCUT2D eigenvalue weighted by atomic mass is 16.5. The first kappa shape index (κ1) is 25.6. The van der Waals surface area contributed by atoms with Crippen LogP contribution in [-0.4, -0.2) is 63.9 Å². The predicted molar refractivity (Wildman–Crippen MR) is 147 cm³/mol. The normalized spacial score (nSPS) is 23.1. The number of anilines is 2. The first-order valence-electron chi connectivity index (χ1n) is 14.0. The summed E-state index contributed by atoms with van der Waals surface area (Å²) in [5.74, 6) is 0.792. The first-order valence-corrected chi connectivity index (χ1v) is 14.0. The molecule has 0 saturated carbocycles. The van der Waals surface area contributed by atoms with Gasteiger partial charge in [0.25, 0.3) is 0 Å². The molecule has 0 radical (unpaired) electrons. The van der Waals surface area contributed by atoms with E-state index < -0.39 is 0 Å². The molecule has 2 aliphatic heterocycles. The second kappa shape index (κ2) is 11.5. The van der Waals surface area contributed by atoms with Gasteiger partial charge in [-0.05, 0) is 74.1 Å². The molecule has 1 aliphatic carbocycles. The van der Waals surface area contributed by atoms with Crippen molar-refractivity contribution in [1.82, 2.24) is 4.90 Å². The van der Waals surface area contributed by atoms with Gasteiger partial charge in [0.05, 0.1) is 0 Å². The summed E-state index contributed by atoms with van der Waals surface area (Å²) in [6, 6.07) is 7.90. The second-order valence-corrected chi connectivity index (χ2v) is 11.9. The molecule has 0 amide bonds. The maximum absolute atomic E-state index is 5.63. The van der Waals surface area contributed by atoms with Gasteiger partial charge >= 0.3 is 0 Å². The van der Waals surface area contributed by atoms with E-state index in [1.165, 1.54) is 68.7 Å². The molecular formula is C30H49N3O. The molecule has 3 aliphatic rings. The Kier molecular flexibility index (Phi) is 8.63. The molecule has 1 aromatic carbocycles. The summed E-state index contributed by atoms with van der Waals surface area (Å²) in [4.78, 5) is 7.85. The highest BCUT2D eigenvalue weighted by Crippen LogP contribution is 2.42. The quantitative estimate of drug-likeness (QED) is 0.458. The number of benzene rings is 1. The van der Waals surface area contributed by atoms with Gasteiger partial charge in [-0.1, -0.05) is 46.3 Å². The Balaban J connectivity index is 1.57. The standard InChI is InChI=1S/C30H49N3O/c1-6-7-16-32-17-19-33(20-18-32)29-23-27(31(5)26-14-21-34-22-15-26)12-13-28(29)24-8-10-25(11-9-24)30(2,3)4/h8,12-13,23,25-26H,6-7,9-11,14-22H2,1-5H3. The predicted octanol–water partition coefficient (Wildman–Crippen LogP) is 6.45. The fourth-order valence-electron chi connectivity index (χ4n) is 6.02. The van der Waals surface area contributed by atoms with Gasteiger partial charge in [0, 0.05) is 69.4 Å². The van der Waals surface area contributed by atoms with Crippen LogP contribution in [0.15, 0.2) is 24.3 Å². The third kappa shape index (κ3) is 6.18. The van der Waals surface area contributed by atoms with E-state index in [1.807, 2.05) is 0 Å². The first-order chi connectivity index (χ1) is 16.4. The molecule has 0 N–H and O–H groups in total. The number of nitrogens with zero attached hydrogens (tertiary/aromatic N) is 3. The number of hydrogen-bond donors (Lipinski definition) is 0. The minimum absolute atomic E-state index is 0.399. The van der Waals surface area contributed by atoms with E-state index >= 15 is 0 Å². The van der Waals surface area contributed by atoms with Crippen LogP contribution < -0.4 is 9.80 Å². The van der Waals surface area contributed by atoms with E-state index in [2.05, 4.69) is 73.7 Å². The van der Waals surface area contributed by atoms with Crippen LogP contribution in [0.1, 0.15) is 78.2 Å². The average molecular weight is 468 g/mol. The molecular weight excluding hydrogens is 418 g/mol. The van der Waals surface area contributed by atoms with Crippen LogP contribution in [0, 0.1) is 11.3 Å². The van der Waals surface area contributed by atoms with Crippen molar-refractivity contribution < 1.29 is 4.74 Å². The Morgan fingerprint density at radius 2 is 1.76 bits per heavy atom. The van der Waals surface area contributed by atoms with Crippen molar-refractivity contribution in [3.8, 4) is 0 Å². The van der Waals surface area contributed by atoms with Gasteiger partial charge in [0.1, 0.15) is 0 Å². The number of rotatable bonds is 7. The maximum Gasteiger partial charge on any atom is 0.0485 e. The summed E-state index contributed by atoms with van der Waals surface area (Å²) in [6.07, 6.45) is 11.2. The van der Waals surface area contributed by atoms with Gasteiger partial charge in [-0.15, -0.1) is 0 Å². The van der Waals surface area contributed by atoms with Crippen molar-refractivity contribution in [2.75, 3.05) is 62.8 Å². The van der Waals surface area contributed by atoms with Gasteiger partial charge in [0.2, 0.25) is 0 Å². The van der Waals surface area contributed by atoms with Gasteiger partial charge in [0.15, 0.2) is 0 Å². The Hall–Kier alpha value is -1.52. The number of ether oxygens (including phenoxy) is 1. The van der Waals surface area contributed by atoms with E-state index in [4.69, 9.17) is 4.74 Å². The van der Waals surface area contributed by atoms with Crippen LogP contribution in [0.25, 0.3) is 5.57 Å². The molecule has 4 heteroatoms.